The molecule has 0 unspecified atom stereocenters. The van der Waals surface area contributed by atoms with Crippen LogP contribution in [0.3, 0.4) is 0 Å². The van der Waals surface area contributed by atoms with E-state index in [1.807, 2.05) is 43.7 Å². The molecule has 0 aliphatic heterocycles. The van der Waals surface area contributed by atoms with E-state index in [0.29, 0.717) is 11.5 Å². The van der Waals surface area contributed by atoms with Crippen LogP contribution in [-0.2, 0) is 11.8 Å². The van der Waals surface area contributed by atoms with Crippen LogP contribution < -0.4 is 11.1 Å². The first-order chi connectivity index (χ1) is 14.9. The third-order valence-electron chi connectivity index (χ3n) is 6.37. The standard InChI is InChI=1S/C25H25N5O/c1-14-6-4-5-7-19(14)16-8-17-10-22(27-12-20(17)21(26)9-16)29-25(31)24-15(2)23(24)18-11-28-30(3)13-18/h4-13,15,23-24H,26H2,1-3H3,(H,27,29,31)/t15-,23-,24+/m1/s1. The molecule has 31 heavy (non-hydrogen) atoms. The number of pyridine rings is 1. The van der Waals surface area contributed by atoms with Gasteiger partial charge in [-0.15, -0.1) is 0 Å². The van der Waals surface area contributed by atoms with Crippen LogP contribution in [0, 0.1) is 18.8 Å². The van der Waals surface area contributed by atoms with Gasteiger partial charge in [-0.1, -0.05) is 31.2 Å². The Morgan fingerprint density at radius 2 is 1.97 bits per heavy atom. The molecule has 5 rings (SSSR count). The number of hydrogen-bond donors (Lipinski definition) is 2. The number of carbonyl (C=O) groups excluding carboxylic acids is 1. The maximum atomic E-state index is 12.9. The summed E-state index contributed by atoms with van der Waals surface area (Å²) in [6.45, 7) is 4.19. The Labute approximate surface area is 181 Å². The molecule has 0 radical (unpaired) electrons. The molecule has 0 spiro atoms. The maximum Gasteiger partial charge on any atom is 0.229 e. The van der Waals surface area contributed by atoms with Crippen molar-refractivity contribution in [3.05, 3.63) is 72.2 Å². The van der Waals surface area contributed by atoms with Gasteiger partial charge in [0.1, 0.15) is 5.82 Å². The Morgan fingerprint density at radius 1 is 1.16 bits per heavy atom. The zero-order valence-corrected chi connectivity index (χ0v) is 17.8. The molecule has 6 heteroatoms. The van der Waals surface area contributed by atoms with Gasteiger partial charge in [0.25, 0.3) is 0 Å². The van der Waals surface area contributed by atoms with Gasteiger partial charge < -0.3 is 11.1 Å². The number of aromatic nitrogens is 3. The van der Waals surface area contributed by atoms with Crippen molar-refractivity contribution in [3.63, 3.8) is 0 Å². The molecule has 1 aliphatic carbocycles. The van der Waals surface area contributed by atoms with E-state index in [0.717, 1.165) is 27.5 Å². The molecular weight excluding hydrogens is 386 g/mol. The molecule has 4 aromatic rings. The van der Waals surface area contributed by atoms with Crippen molar-refractivity contribution < 1.29 is 4.79 Å². The Bertz CT molecular complexity index is 1310. The monoisotopic (exact) mass is 411 g/mol. The third kappa shape index (κ3) is 3.44. The van der Waals surface area contributed by atoms with Gasteiger partial charge in [-0.05, 0) is 58.7 Å². The molecule has 1 aliphatic rings. The summed E-state index contributed by atoms with van der Waals surface area (Å²) in [6, 6.07) is 14.2. The van der Waals surface area contributed by atoms with Crippen molar-refractivity contribution in [2.24, 2.45) is 18.9 Å². The van der Waals surface area contributed by atoms with Gasteiger partial charge in [0.05, 0.1) is 6.20 Å². The fourth-order valence-corrected chi connectivity index (χ4v) is 4.60. The van der Waals surface area contributed by atoms with Crippen molar-refractivity contribution in [2.45, 2.75) is 19.8 Å². The molecule has 2 aromatic heterocycles. The lowest BCUT2D eigenvalue weighted by Gasteiger charge is -2.11. The number of anilines is 2. The first-order valence-corrected chi connectivity index (χ1v) is 10.5. The summed E-state index contributed by atoms with van der Waals surface area (Å²) < 4.78 is 1.77. The molecule has 1 fully saturated rings. The number of benzene rings is 2. The fourth-order valence-electron chi connectivity index (χ4n) is 4.60. The van der Waals surface area contributed by atoms with E-state index in [1.165, 1.54) is 5.56 Å². The lowest BCUT2D eigenvalue weighted by atomic mass is 9.97. The van der Waals surface area contributed by atoms with Gasteiger partial charge in [-0.3, -0.25) is 9.48 Å². The quantitative estimate of drug-likeness (QED) is 0.484. The molecule has 1 amide bonds. The fraction of sp³-hybridized carbons (Fsp3) is 0.240. The Morgan fingerprint density at radius 3 is 2.71 bits per heavy atom. The molecule has 2 aromatic carbocycles. The highest BCUT2D eigenvalue weighted by atomic mass is 16.2. The van der Waals surface area contributed by atoms with E-state index < -0.39 is 0 Å². The largest absolute Gasteiger partial charge is 0.398 e. The number of carbonyl (C=O) groups is 1. The van der Waals surface area contributed by atoms with Crippen molar-refractivity contribution in [2.75, 3.05) is 11.1 Å². The summed E-state index contributed by atoms with van der Waals surface area (Å²) in [5, 5.41) is 9.07. The molecule has 0 bridgehead atoms. The number of rotatable bonds is 4. The number of amides is 1. The first kappa shape index (κ1) is 19.3. The zero-order valence-electron chi connectivity index (χ0n) is 17.8. The predicted octanol–water partition coefficient (Wildman–Crippen LogP) is 4.51. The van der Waals surface area contributed by atoms with E-state index in [-0.39, 0.29) is 23.7 Å². The van der Waals surface area contributed by atoms with Gasteiger partial charge in [0.15, 0.2) is 0 Å². The van der Waals surface area contributed by atoms with E-state index in [9.17, 15) is 4.79 Å². The molecular formula is C25H25N5O. The predicted molar refractivity (Wildman–Crippen MR) is 124 cm³/mol. The number of aryl methyl sites for hydroxylation is 2. The number of hydrogen-bond acceptors (Lipinski definition) is 4. The highest BCUT2D eigenvalue weighted by molar-refractivity contribution is 6.00. The van der Waals surface area contributed by atoms with Crippen LogP contribution in [-0.4, -0.2) is 20.7 Å². The van der Waals surface area contributed by atoms with Gasteiger partial charge in [0, 0.05) is 42.4 Å². The van der Waals surface area contributed by atoms with Gasteiger partial charge in [-0.25, -0.2) is 4.98 Å². The third-order valence-corrected chi connectivity index (χ3v) is 6.37. The van der Waals surface area contributed by atoms with Crippen molar-refractivity contribution >= 4 is 28.2 Å². The van der Waals surface area contributed by atoms with Crippen LogP contribution in [0.2, 0.25) is 0 Å². The smallest absolute Gasteiger partial charge is 0.229 e. The van der Waals surface area contributed by atoms with E-state index in [1.54, 1.807) is 10.9 Å². The Balaban J connectivity index is 1.42. The average molecular weight is 412 g/mol. The van der Waals surface area contributed by atoms with Crippen molar-refractivity contribution in [1.82, 2.24) is 14.8 Å². The molecule has 3 N–H and O–H groups in total. The minimum atomic E-state index is -0.0648. The van der Waals surface area contributed by atoms with E-state index in [2.05, 4.69) is 47.4 Å². The lowest BCUT2D eigenvalue weighted by Crippen LogP contribution is -2.16. The van der Waals surface area contributed by atoms with Crippen LogP contribution >= 0.6 is 0 Å². The van der Waals surface area contributed by atoms with Crippen LogP contribution in [0.25, 0.3) is 21.9 Å². The first-order valence-electron chi connectivity index (χ1n) is 10.5. The molecule has 2 heterocycles. The van der Waals surface area contributed by atoms with Crippen molar-refractivity contribution in [3.8, 4) is 11.1 Å². The molecule has 0 saturated heterocycles. The second kappa shape index (κ2) is 7.23. The second-order valence-electron chi connectivity index (χ2n) is 8.52. The summed E-state index contributed by atoms with van der Waals surface area (Å²) in [6.07, 6.45) is 5.56. The normalized spacial score (nSPS) is 20.0. The van der Waals surface area contributed by atoms with Gasteiger partial charge >= 0.3 is 0 Å². The SMILES string of the molecule is Cc1ccccc1-c1cc(N)c2cnc(NC(=O)[C@H]3[C@H](C)[C@@H]3c3cnn(C)c3)cc2c1. The summed E-state index contributed by atoms with van der Waals surface area (Å²) in [5.74, 6) is 0.967. The number of fused-ring (bicyclic) bond motifs is 1. The van der Waals surface area contributed by atoms with Crippen LogP contribution in [0.1, 0.15) is 24.0 Å². The van der Waals surface area contributed by atoms with E-state index >= 15 is 0 Å². The van der Waals surface area contributed by atoms with Gasteiger partial charge in [0.2, 0.25) is 5.91 Å². The number of nitrogens with zero attached hydrogens (tertiary/aromatic N) is 3. The Hall–Kier alpha value is -3.67. The van der Waals surface area contributed by atoms with Crippen LogP contribution in [0.4, 0.5) is 11.5 Å². The lowest BCUT2D eigenvalue weighted by molar-refractivity contribution is -0.117. The molecule has 3 atom stereocenters. The minimum Gasteiger partial charge on any atom is -0.398 e. The topological polar surface area (TPSA) is 85.8 Å². The second-order valence-corrected chi connectivity index (χ2v) is 8.52. The summed E-state index contributed by atoms with van der Waals surface area (Å²) in [5.41, 5.74) is 11.5. The van der Waals surface area contributed by atoms with Gasteiger partial charge in [-0.2, -0.15) is 5.10 Å². The van der Waals surface area contributed by atoms with E-state index in [4.69, 9.17) is 5.73 Å². The highest BCUT2D eigenvalue weighted by Gasteiger charge is 2.52. The van der Waals surface area contributed by atoms with Crippen molar-refractivity contribution in [1.29, 1.82) is 0 Å². The number of nitrogen functional groups attached to an aromatic ring is 1. The highest BCUT2D eigenvalue weighted by Crippen LogP contribution is 2.54. The minimum absolute atomic E-state index is 0.00349. The molecule has 156 valence electrons. The zero-order chi connectivity index (χ0) is 21.7. The number of nitrogens with one attached hydrogen (secondary N) is 1. The Kier molecular flexibility index (Phi) is 4.50. The summed E-state index contributed by atoms with van der Waals surface area (Å²) in [7, 11) is 1.89. The summed E-state index contributed by atoms with van der Waals surface area (Å²) >= 11 is 0. The average Bonchev–Trinajstić information content (AvgIpc) is 3.22. The number of nitrogens with two attached hydrogens (primary N) is 1. The maximum absolute atomic E-state index is 12.9. The molecule has 6 nitrogen and oxygen atoms in total. The summed E-state index contributed by atoms with van der Waals surface area (Å²) in [4.78, 5) is 17.3. The van der Waals surface area contributed by atoms with Crippen LogP contribution in [0.5, 0.6) is 0 Å². The molecule has 1 saturated carbocycles. The van der Waals surface area contributed by atoms with Crippen LogP contribution in [0.15, 0.2) is 61.1 Å².